The third-order valence-corrected chi connectivity index (χ3v) is 5.29. The molecule has 4 aromatic carbocycles. The predicted octanol–water partition coefficient (Wildman–Crippen LogP) is 6.96. The quantitative estimate of drug-likeness (QED) is 0.253. The molecule has 0 atom stereocenters. The molecule has 0 radical (unpaired) electrons. The smallest absolute Gasteiger partial charge is 0.417 e. The molecule has 0 saturated carbocycles. The minimum Gasteiger partial charge on any atom is -0.449 e. The van der Waals surface area contributed by atoms with Crippen molar-refractivity contribution >= 4 is 0 Å². The third kappa shape index (κ3) is 5.81. The van der Waals surface area contributed by atoms with Crippen molar-refractivity contribution in [2.24, 2.45) is 0 Å². The largest absolute Gasteiger partial charge is 0.449 e. The minimum atomic E-state index is -4.55. The first-order valence-electron chi connectivity index (χ1n) is 10.8. The molecule has 0 heterocycles. The van der Waals surface area contributed by atoms with E-state index >= 15 is 0 Å². The van der Waals surface area contributed by atoms with Crippen LogP contribution in [0.2, 0.25) is 0 Å². The van der Waals surface area contributed by atoms with Crippen LogP contribution in [0.4, 0.5) is 13.2 Å². The van der Waals surface area contributed by atoms with Gasteiger partial charge in [-0.2, -0.15) is 13.2 Å². The number of allylic oxidation sites excluding steroid dienone is 1. The zero-order chi connectivity index (χ0) is 24.7. The van der Waals surface area contributed by atoms with Crippen molar-refractivity contribution in [1.82, 2.24) is 0 Å². The van der Waals surface area contributed by atoms with Gasteiger partial charge < -0.3 is 9.84 Å². The summed E-state index contributed by atoms with van der Waals surface area (Å²) in [7, 11) is 0. The van der Waals surface area contributed by atoms with E-state index in [-0.39, 0.29) is 11.3 Å². The lowest BCUT2D eigenvalue weighted by atomic mass is 9.85. The fraction of sp³-hybridized carbons (Fsp3) is 0.0667. The normalized spacial score (nSPS) is 11.9. The van der Waals surface area contributed by atoms with Crippen LogP contribution in [0.1, 0.15) is 22.3 Å². The number of aliphatic hydroxyl groups is 1. The Morgan fingerprint density at radius 1 is 0.686 bits per heavy atom. The molecular weight excluding hydrogens is 449 g/mol. The molecule has 0 aliphatic heterocycles. The lowest BCUT2D eigenvalue weighted by Gasteiger charge is -2.26. The van der Waals surface area contributed by atoms with Crippen LogP contribution in [0.25, 0.3) is 0 Å². The predicted molar refractivity (Wildman–Crippen MR) is 129 cm³/mol. The maximum atomic E-state index is 13.5. The van der Waals surface area contributed by atoms with Crippen LogP contribution in [0.3, 0.4) is 0 Å². The van der Waals surface area contributed by atoms with Gasteiger partial charge in [0.15, 0.2) is 5.76 Å². The molecular formula is C30H21F3O2. The second-order valence-electron chi connectivity index (χ2n) is 7.72. The van der Waals surface area contributed by atoms with E-state index in [1.807, 2.05) is 18.2 Å². The first-order valence-corrected chi connectivity index (χ1v) is 10.8. The number of ether oxygens (including phenoxy) is 1. The number of benzene rings is 4. The molecule has 0 unspecified atom stereocenters. The van der Waals surface area contributed by atoms with Crippen molar-refractivity contribution in [1.29, 1.82) is 0 Å². The maximum absolute atomic E-state index is 13.5. The Kier molecular flexibility index (Phi) is 7.05. The summed E-state index contributed by atoms with van der Waals surface area (Å²) in [6.45, 7) is 0. The summed E-state index contributed by atoms with van der Waals surface area (Å²) in [5, 5.41) is 11.9. The minimum absolute atomic E-state index is 0.00313. The Labute approximate surface area is 202 Å². The van der Waals surface area contributed by atoms with Gasteiger partial charge in [-0.05, 0) is 41.3 Å². The second-order valence-corrected chi connectivity index (χ2v) is 7.72. The highest BCUT2D eigenvalue weighted by molar-refractivity contribution is 5.49. The monoisotopic (exact) mass is 470 g/mol. The summed E-state index contributed by atoms with van der Waals surface area (Å²) >= 11 is 0. The molecule has 4 rings (SSSR count). The Morgan fingerprint density at radius 3 is 1.71 bits per heavy atom. The fourth-order valence-corrected chi connectivity index (χ4v) is 3.58. The average Bonchev–Trinajstić information content (AvgIpc) is 2.88. The van der Waals surface area contributed by atoms with Crippen LogP contribution in [0.15, 0.2) is 127 Å². The van der Waals surface area contributed by atoms with Crippen molar-refractivity contribution in [3.63, 3.8) is 0 Å². The first-order chi connectivity index (χ1) is 16.9. The van der Waals surface area contributed by atoms with E-state index in [9.17, 15) is 18.3 Å². The topological polar surface area (TPSA) is 29.5 Å². The van der Waals surface area contributed by atoms with E-state index < -0.39 is 17.3 Å². The molecule has 35 heavy (non-hydrogen) atoms. The van der Waals surface area contributed by atoms with Gasteiger partial charge in [-0.25, -0.2) is 0 Å². The number of hydrogen-bond acceptors (Lipinski definition) is 2. The Hall–Kier alpha value is -4.27. The van der Waals surface area contributed by atoms with Gasteiger partial charge in [0.25, 0.3) is 0 Å². The van der Waals surface area contributed by atoms with Crippen molar-refractivity contribution < 1.29 is 23.0 Å². The van der Waals surface area contributed by atoms with E-state index in [0.29, 0.717) is 16.9 Å². The third-order valence-electron chi connectivity index (χ3n) is 5.29. The number of alkyl halides is 3. The summed E-state index contributed by atoms with van der Waals surface area (Å²) < 4.78 is 46.4. The molecule has 174 valence electrons. The highest BCUT2D eigenvalue weighted by Gasteiger charge is 2.33. The molecule has 5 heteroatoms. The molecule has 0 aromatic heterocycles. The fourth-order valence-electron chi connectivity index (χ4n) is 3.58. The molecule has 4 aromatic rings. The van der Waals surface area contributed by atoms with Gasteiger partial charge in [0.05, 0.1) is 5.56 Å². The van der Waals surface area contributed by atoms with E-state index in [2.05, 4.69) is 11.8 Å². The van der Waals surface area contributed by atoms with E-state index in [0.717, 1.165) is 6.07 Å². The lowest BCUT2D eigenvalue weighted by molar-refractivity contribution is -0.137. The van der Waals surface area contributed by atoms with Crippen LogP contribution in [0, 0.1) is 11.8 Å². The number of hydrogen-bond donors (Lipinski definition) is 1. The summed E-state index contributed by atoms with van der Waals surface area (Å²) in [6.07, 6.45) is -3.13. The Morgan fingerprint density at radius 2 is 1.17 bits per heavy atom. The highest BCUT2D eigenvalue weighted by Crippen LogP contribution is 2.33. The zero-order valence-electron chi connectivity index (χ0n) is 18.5. The van der Waals surface area contributed by atoms with Crippen LogP contribution in [-0.2, 0) is 11.8 Å². The van der Waals surface area contributed by atoms with Gasteiger partial charge in [-0.1, -0.05) is 96.9 Å². The molecule has 2 nitrogen and oxygen atoms in total. The number of halogens is 3. The first kappa shape index (κ1) is 23.9. The van der Waals surface area contributed by atoms with Crippen LogP contribution < -0.4 is 4.74 Å². The summed E-state index contributed by atoms with van der Waals surface area (Å²) in [4.78, 5) is 0. The zero-order valence-corrected chi connectivity index (χ0v) is 18.5. The molecule has 0 saturated heterocycles. The SMILES string of the molecule is OC(/C=C(/C#Cc1ccccc1C(F)(F)F)Oc1ccccc1)(c1ccccc1)c1ccccc1. The average molecular weight is 470 g/mol. The Bertz CT molecular complexity index is 1310. The summed E-state index contributed by atoms with van der Waals surface area (Å²) in [5.74, 6) is 5.75. The molecule has 0 spiro atoms. The van der Waals surface area contributed by atoms with Gasteiger partial charge >= 0.3 is 6.18 Å². The molecule has 1 N–H and O–H groups in total. The maximum Gasteiger partial charge on any atom is 0.417 e. The van der Waals surface area contributed by atoms with Crippen LogP contribution in [0.5, 0.6) is 5.75 Å². The van der Waals surface area contributed by atoms with Gasteiger partial charge in [0.2, 0.25) is 0 Å². The van der Waals surface area contributed by atoms with Crippen LogP contribution in [-0.4, -0.2) is 5.11 Å². The van der Waals surface area contributed by atoms with Crippen molar-refractivity contribution in [3.05, 3.63) is 149 Å². The molecule has 0 aliphatic rings. The van der Waals surface area contributed by atoms with Crippen LogP contribution >= 0.6 is 0 Å². The molecule has 0 amide bonds. The molecule has 0 fully saturated rings. The van der Waals surface area contributed by atoms with Crippen molar-refractivity contribution in [2.75, 3.05) is 0 Å². The lowest BCUT2D eigenvalue weighted by Crippen LogP contribution is -2.25. The Balaban J connectivity index is 1.87. The second kappa shape index (κ2) is 10.3. The van der Waals surface area contributed by atoms with E-state index in [1.54, 1.807) is 72.8 Å². The molecule has 0 bridgehead atoms. The van der Waals surface area contributed by atoms with E-state index in [4.69, 9.17) is 4.74 Å². The van der Waals surface area contributed by atoms with Gasteiger partial charge in [-0.15, -0.1) is 0 Å². The van der Waals surface area contributed by atoms with Gasteiger partial charge in [0, 0.05) is 11.6 Å². The number of para-hydroxylation sites is 1. The van der Waals surface area contributed by atoms with Gasteiger partial charge in [-0.3, -0.25) is 0 Å². The standard InChI is InChI=1S/C30H21F3O2/c31-30(32,33)28-19-11-10-12-23(28)20-21-27(35-26-17-8-3-9-18-26)22-29(34,24-13-4-1-5-14-24)25-15-6-2-7-16-25/h1-19,22,34H/b27-22-. The van der Waals surface area contributed by atoms with Gasteiger partial charge in [0.1, 0.15) is 11.4 Å². The summed E-state index contributed by atoms with van der Waals surface area (Å²) in [5.41, 5.74) is -1.57. The van der Waals surface area contributed by atoms with E-state index in [1.165, 1.54) is 24.3 Å². The summed E-state index contributed by atoms with van der Waals surface area (Å²) in [6, 6.07) is 31.7. The highest BCUT2D eigenvalue weighted by atomic mass is 19.4. The number of rotatable bonds is 5. The van der Waals surface area contributed by atoms with Crippen molar-refractivity contribution in [2.45, 2.75) is 11.8 Å². The molecule has 0 aliphatic carbocycles. The van der Waals surface area contributed by atoms with Crippen molar-refractivity contribution in [3.8, 4) is 17.6 Å².